The van der Waals surface area contributed by atoms with Gasteiger partial charge in [-0.25, -0.2) is 8.42 Å². The molecule has 0 aromatic heterocycles. The molecule has 4 nitrogen and oxygen atoms in total. The smallest absolute Gasteiger partial charge is 0.206 e. The van der Waals surface area contributed by atoms with Gasteiger partial charge in [0, 0.05) is 10.9 Å². The van der Waals surface area contributed by atoms with Crippen LogP contribution in [0.4, 0.5) is 0 Å². The summed E-state index contributed by atoms with van der Waals surface area (Å²) >= 11 is 3.19. The fraction of sp³-hybridized carbons (Fsp3) is 0.0769. The topological polar surface area (TPSA) is 74.6 Å². The minimum Gasteiger partial charge on any atom is -0.508 e. The number of phenolic OH excluding ortho intramolecular Hbond substituents is 2. The van der Waals surface area contributed by atoms with E-state index in [0.29, 0.717) is 10.9 Å². The maximum atomic E-state index is 12.3. The summed E-state index contributed by atoms with van der Waals surface area (Å²) in [6.07, 6.45) is 0. The number of benzene rings is 2. The van der Waals surface area contributed by atoms with Crippen molar-refractivity contribution in [3.63, 3.8) is 0 Å². The van der Waals surface area contributed by atoms with Gasteiger partial charge in [0.2, 0.25) is 9.84 Å². The van der Waals surface area contributed by atoms with Gasteiger partial charge >= 0.3 is 0 Å². The van der Waals surface area contributed by atoms with Crippen molar-refractivity contribution >= 4 is 25.8 Å². The summed E-state index contributed by atoms with van der Waals surface area (Å²) in [4.78, 5) is 0.196. The summed E-state index contributed by atoms with van der Waals surface area (Å²) in [6, 6.07) is 9.44. The van der Waals surface area contributed by atoms with Crippen LogP contribution in [0.25, 0.3) is 0 Å². The Labute approximate surface area is 119 Å². The number of hydrogen-bond acceptors (Lipinski definition) is 4. The molecule has 2 N–H and O–H groups in total. The van der Waals surface area contributed by atoms with Crippen molar-refractivity contribution in [2.75, 3.05) is 0 Å². The maximum absolute atomic E-state index is 12.3. The number of rotatable bonds is 3. The zero-order valence-corrected chi connectivity index (χ0v) is 12.1. The molecule has 0 bridgehead atoms. The Morgan fingerprint density at radius 1 is 0.947 bits per heavy atom. The lowest BCUT2D eigenvalue weighted by Gasteiger charge is -2.07. The molecule has 6 heteroatoms. The highest BCUT2D eigenvalue weighted by molar-refractivity contribution is 9.08. The molecule has 19 heavy (non-hydrogen) atoms. The van der Waals surface area contributed by atoms with Crippen molar-refractivity contribution in [2.45, 2.75) is 15.1 Å². The fourth-order valence-electron chi connectivity index (χ4n) is 1.60. The Bertz CT molecular complexity index is 693. The summed E-state index contributed by atoms with van der Waals surface area (Å²) in [5.41, 5.74) is 0.500. The van der Waals surface area contributed by atoms with Crippen molar-refractivity contribution in [3.8, 4) is 11.5 Å². The lowest BCUT2D eigenvalue weighted by atomic mass is 10.2. The van der Waals surface area contributed by atoms with Crippen LogP contribution in [-0.2, 0) is 15.2 Å². The van der Waals surface area contributed by atoms with Gasteiger partial charge in [0.1, 0.15) is 11.5 Å². The van der Waals surface area contributed by atoms with Crippen molar-refractivity contribution < 1.29 is 18.6 Å². The van der Waals surface area contributed by atoms with Gasteiger partial charge in [-0.2, -0.15) is 0 Å². The first-order valence-corrected chi connectivity index (χ1v) is 7.97. The van der Waals surface area contributed by atoms with Crippen molar-refractivity contribution in [1.29, 1.82) is 0 Å². The van der Waals surface area contributed by atoms with E-state index in [4.69, 9.17) is 0 Å². The molecule has 2 aromatic rings. The van der Waals surface area contributed by atoms with Crippen LogP contribution in [0.15, 0.2) is 52.3 Å². The largest absolute Gasteiger partial charge is 0.508 e. The van der Waals surface area contributed by atoms with Crippen LogP contribution >= 0.6 is 15.9 Å². The zero-order valence-electron chi connectivity index (χ0n) is 9.75. The number of alkyl halides is 1. The predicted octanol–water partition coefficient (Wildman–Crippen LogP) is 2.83. The number of aromatic hydroxyl groups is 2. The second kappa shape index (κ2) is 5.22. The average Bonchev–Trinajstić information content (AvgIpc) is 2.39. The second-order valence-electron chi connectivity index (χ2n) is 3.92. The van der Waals surface area contributed by atoms with Crippen molar-refractivity contribution in [3.05, 3.63) is 48.0 Å². The van der Waals surface area contributed by atoms with Gasteiger partial charge in [-0.15, -0.1) is 0 Å². The third-order valence-electron chi connectivity index (χ3n) is 2.65. The Kier molecular flexibility index (Phi) is 3.82. The molecule has 0 heterocycles. The molecule has 0 radical (unpaired) electrons. The van der Waals surface area contributed by atoms with Crippen LogP contribution in [0, 0.1) is 0 Å². The summed E-state index contributed by atoms with van der Waals surface area (Å²) in [5, 5.41) is 19.1. The highest BCUT2D eigenvalue weighted by Gasteiger charge is 2.18. The summed E-state index contributed by atoms with van der Waals surface area (Å²) < 4.78 is 24.7. The molecule has 0 saturated heterocycles. The zero-order chi connectivity index (χ0) is 14.0. The number of sulfone groups is 1. The first-order chi connectivity index (χ1) is 8.95. The van der Waals surface area contributed by atoms with Gasteiger partial charge in [0.15, 0.2) is 0 Å². The molecule has 0 amide bonds. The number of halogens is 1. The average molecular weight is 343 g/mol. The Balaban J connectivity index is 2.53. The van der Waals surface area contributed by atoms with E-state index in [-0.39, 0.29) is 21.3 Å². The molecule has 0 saturated carbocycles. The van der Waals surface area contributed by atoms with E-state index in [1.807, 2.05) is 0 Å². The molecule has 100 valence electrons. The van der Waals surface area contributed by atoms with Crippen LogP contribution < -0.4 is 0 Å². The molecule has 0 fully saturated rings. The SMILES string of the molecule is O=S(=O)(c1ccc(O)cc1)c1ccc(O)c(CBr)c1. The molecule has 2 aromatic carbocycles. The van der Waals surface area contributed by atoms with Crippen LogP contribution in [0.2, 0.25) is 0 Å². The van der Waals surface area contributed by atoms with Gasteiger partial charge in [0.05, 0.1) is 9.79 Å². The monoisotopic (exact) mass is 342 g/mol. The van der Waals surface area contributed by atoms with E-state index in [2.05, 4.69) is 15.9 Å². The van der Waals surface area contributed by atoms with E-state index in [0.717, 1.165) is 0 Å². The van der Waals surface area contributed by atoms with E-state index < -0.39 is 9.84 Å². The first kappa shape index (κ1) is 13.9. The molecule has 0 atom stereocenters. The van der Waals surface area contributed by atoms with Crippen LogP contribution in [0.1, 0.15) is 5.56 Å². The maximum Gasteiger partial charge on any atom is 0.206 e. The normalized spacial score (nSPS) is 11.4. The van der Waals surface area contributed by atoms with Gasteiger partial charge in [-0.1, -0.05) is 15.9 Å². The van der Waals surface area contributed by atoms with Crippen LogP contribution in [0.3, 0.4) is 0 Å². The molecule has 2 rings (SSSR count). The fourth-order valence-corrected chi connectivity index (χ4v) is 3.36. The van der Waals surface area contributed by atoms with Crippen molar-refractivity contribution in [2.24, 2.45) is 0 Å². The number of hydrogen-bond donors (Lipinski definition) is 2. The Morgan fingerprint density at radius 3 is 2.11 bits per heavy atom. The van der Waals surface area contributed by atoms with E-state index in [1.54, 1.807) is 0 Å². The summed E-state index contributed by atoms with van der Waals surface area (Å²) in [7, 11) is -3.65. The van der Waals surface area contributed by atoms with Gasteiger partial charge in [0.25, 0.3) is 0 Å². The van der Waals surface area contributed by atoms with Gasteiger partial charge in [-0.05, 0) is 42.5 Å². The molecule has 0 aliphatic carbocycles. The van der Waals surface area contributed by atoms with Gasteiger partial charge < -0.3 is 10.2 Å². The standard InChI is InChI=1S/C13H11BrO4S/c14-8-9-7-12(5-6-13(9)16)19(17,18)11-3-1-10(15)2-4-11/h1-7,15-16H,8H2. The third-order valence-corrected chi connectivity index (χ3v) is 5.02. The van der Waals surface area contributed by atoms with Crippen LogP contribution in [-0.4, -0.2) is 18.6 Å². The molecule has 0 aliphatic heterocycles. The highest BCUT2D eigenvalue weighted by Crippen LogP contribution is 2.28. The quantitative estimate of drug-likeness (QED) is 0.841. The molecule has 0 unspecified atom stereocenters. The van der Waals surface area contributed by atoms with Gasteiger partial charge in [-0.3, -0.25) is 0 Å². The lowest BCUT2D eigenvalue weighted by molar-refractivity contribution is 0.470. The third kappa shape index (κ3) is 2.74. The molecule has 0 spiro atoms. The lowest BCUT2D eigenvalue weighted by Crippen LogP contribution is -2.02. The predicted molar refractivity (Wildman–Crippen MR) is 74.3 cm³/mol. The second-order valence-corrected chi connectivity index (χ2v) is 6.43. The number of phenols is 2. The molecular weight excluding hydrogens is 332 g/mol. The minimum atomic E-state index is -3.65. The van der Waals surface area contributed by atoms with E-state index in [9.17, 15) is 18.6 Å². The first-order valence-electron chi connectivity index (χ1n) is 5.37. The minimum absolute atomic E-state index is 0.00537. The van der Waals surface area contributed by atoms with Crippen LogP contribution in [0.5, 0.6) is 11.5 Å². The Hall–Kier alpha value is -1.53. The van der Waals surface area contributed by atoms with E-state index in [1.165, 1.54) is 42.5 Å². The Morgan fingerprint density at radius 2 is 1.53 bits per heavy atom. The molecular formula is C13H11BrO4S. The van der Waals surface area contributed by atoms with Crippen molar-refractivity contribution in [1.82, 2.24) is 0 Å². The molecule has 0 aliphatic rings. The summed E-state index contributed by atoms with van der Waals surface area (Å²) in [5.74, 6) is 0.0485. The highest BCUT2D eigenvalue weighted by atomic mass is 79.9. The van der Waals surface area contributed by atoms with E-state index >= 15 is 0 Å². The summed E-state index contributed by atoms with van der Waals surface area (Å²) in [6.45, 7) is 0.